The lowest BCUT2D eigenvalue weighted by Gasteiger charge is -2.18. The number of aromatic nitrogens is 4. The zero-order valence-corrected chi connectivity index (χ0v) is 17.7. The molecule has 4 aromatic rings. The maximum Gasteiger partial charge on any atom is 0.164 e. The fourth-order valence-electron chi connectivity index (χ4n) is 4.00. The number of anilines is 2. The number of nitrogen functional groups attached to an aromatic ring is 1. The van der Waals surface area contributed by atoms with E-state index in [2.05, 4.69) is 15.0 Å². The van der Waals surface area contributed by atoms with Gasteiger partial charge in [-0.05, 0) is 30.3 Å². The summed E-state index contributed by atoms with van der Waals surface area (Å²) in [6, 6.07) is 11.0. The monoisotopic (exact) mass is 436 g/mol. The number of hydrogen-bond acceptors (Lipinski definition) is 9. The quantitative estimate of drug-likeness (QED) is 0.424. The number of pyridine rings is 1. The maximum atomic E-state index is 10.7. The molecule has 32 heavy (non-hydrogen) atoms. The van der Waals surface area contributed by atoms with Crippen LogP contribution >= 0.6 is 0 Å². The van der Waals surface area contributed by atoms with Gasteiger partial charge in [0.05, 0.1) is 10.9 Å². The second-order valence-corrected chi connectivity index (χ2v) is 8.00. The van der Waals surface area contributed by atoms with Gasteiger partial charge in [0.1, 0.15) is 54.3 Å². The summed E-state index contributed by atoms with van der Waals surface area (Å²) in [4.78, 5) is 14.8. The Labute approximate surface area is 183 Å². The first kappa shape index (κ1) is 20.4. The third kappa shape index (κ3) is 3.48. The summed E-state index contributed by atoms with van der Waals surface area (Å²) in [6.07, 6.45) is -0.564. The zero-order valence-electron chi connectivity index (χ0n) is 17.7. The van der Waals surface area contributed by atoms with Crippen LogP contribution in [0.3, 0.4) is 0 Å². The summed E-state index contributed by atoms with van der Waals surface area (Å²) in [5.41, 5.74) is 7.08. The largest absolute Gasteiger partial charge is 0.491 e. The van der Waals surface area contributed by atoms with Gasteiger partial charge in [0.2, 0.25) is 0 Å². The Morgan fingerprint density at radius 1 is 1.12 bits per heavy atom. The number of nitrogens with zero attached hydrogens (tertiary/aromatic N) is 5. The Hall–Kier alpha value is -3.47. The van der Waals surface area contributed by atoms with Gasteiger partial charge in [0.25, 0.3) is 0 Å². The van der Waals surface area contributed by atoms with E-state index in [0.29, 0.717) is 22.7 Å². The molecule has 0 amide bonds. The minimum atomic E-state index is -1.14. The van der Waals surface area contributed by atoms with Crippen LogP contribution in [-0.2, 0) is 4.74 Å². The van der Waals surface area contributed by atoms with E-state index in [0.717, 1.165) is 16.6 Å². The van der Waals surface area contributed by atoms with E-state index in [4.69, 9.17) is 15.2 Å². The number of rotatable bonds is 5. The van der Waals surface area contributed by atoms with Gasteiger partial charge in [-0.3, -0.25) is 0 Å². The van der Waals surface area contributed by atoms with Crippen LogP contribution in [0.2, 0.25) is 0 Å². The highest BCUT2D eigenvalue weighted by Crippen LogP contribution is 2.34. The molecule has 1 aliphatic rings. The molecule has 4 atom stereocenters. The first-order chi connectivity index (χ1) is 15.4. The van der Waals surface area contributed by atoms with Crippen molar-refractivity contribution in [2.45, 2.75) is 24.5 Å². The minimum Gasteiger partial charge on any atom is -0.491 e. The van der Waals surface area contributed by atoms with E-state index in [1.165, 1.54) is 6.33 Å². The highest BCUT2D eigenvalue weighted by molar-refractivity contribution is 5.87. The standard InChI is InChI=1S/C22H24N6O4/c1-27(2)20-14-7-8-28(21(14)25-11-24-20)22-19(30)18(29)16(32-22)10-31-13-5-3-12-4-6-17(23)26-15(12)9-13/h3-9,11,16,18-19,22,29-30H,10H2,1-2H3,(H2,23,26)/t16-,18-,19-,22-/m1/s1. The molecule has 1 aliphatic heterocycles. The van der Waals surface area contributed by atoms with Crippen LogP contribution < -0.4 is 15.4 Å². The van der Waals surface area contributed by atoms with E-state index in [-0.39, 0.29) is 6.61 Å². The molecule has 0 aliphatic carbocycles. The molecule has 0 radical (unpaired) electrons. The van der Waals surface area contributed by atoms with Gasteiger partial charge in [0, 0.05) is 31.7 Å². The minimum absolute atomic E-state index is 0.0552. The Morgan fingerprint density at radius 3 is 2.75 bits per heavy atom. The molecule has 0 spiro atoms. The lowest BCUT2D eigenvalue weighted by atomic mass is 10.1. The molecular formula is C22H24N6O4. The molecule has 1 aromatic carbocycles. The van der Waals surface area contributed by atoms with Gasteiger partial charge < -0.3 is 34.9 Å². The van der Waals surface area contributed by atoms with E-state index < -0.39 is 24.5 Å². The topological polar surface area (TPSA) is 132 Å². The van der Waals surface area contributed by atoms with E-state index >= 15 is 0 Å². The SMILES string of the molecule is CN(C)c1ncnc2c1ccn2[C@@H]1O[C@H](COc2ccc3ccc(N)nc3c2)[C@@H](O)[C@H]1O. The number of benzene rings is 1. The number of ether oxygens (including phenoxy) is 2. The molecule has 1 fully saturated rings. The summed E-state index contributed by atoms with van der Waals surface area (Å²) in [6.45, 7) is 0.0552. The van der Waals surface area contributed by atoms with Crippen LogP contribution in [0, 0.1) is 0 Å². The van der Waals surface area contributed by atoms with Crippen LogP contribution in [0.5, 0.6) is 5.75 Å². The second kappa shape index (κ2) is 7.90. The normalized spacial score (nSPS) is 23.1. The first-order valence-electron chi connectivity index (χ1n) is 10.2. The molecule has 3 aromatic heterocycles. The van der Waals surface area contributed by atoms with Crippen LogP contribution in [0.15, 0.2) is 48.9 Å². The third-order valence-electron chi connectivity index (χ3n) is 5.62. The van der Waals surface area contributed by atoms with Crippen molar-refractivity contribution in [3.63, 3.8) is 0 Å². The van der Waals surface area contributed by atoms with Gasteiger partial charge in [-0.15, -0.1) is 0 Å². The lowest BCUT2D eigenvalue weighted by Crippen LogP contribution is -2.34. The van der Waals surface area contributed by atoms with Crippen molar-refractivity contribution >= 4 is 33.6 Å². The molecular weight excluding hydrogens is 412 g/mol. The molecule has 166 valence electrons. The highest BCUT2D eigenvalue weighted by atomic mass is 16.6. The Morgan fingerprint density at radius 2 is 1.94 bits per heavy atom. The maximum absolute atomic E-state index is 10.7. The van der Waals surface area contributed by atoms with E-state index in [1.54, 1.807) is 22.9 Å². The molecule has 0 bridgehead atoms. The molecule has 1 saturated heterocycles. The fraction of sp³-hybridized carbons (Fsp3) is 0.318. The van der Waals surface area contributed by atoms with Gasteiger partial charge in [-0.1, -0.05) is 0 Å². The average Bonchev–Trinajstić information content (AvgIpc) is 3.33. The molecule has 4 heterocycles. The van der Waals surface area contributed by atoms with Crippen molar-refractivity contribution in [1.82, 2.24) is 19.5 Å². The Balaban J connectivity index is 1.35. The van der Waals surface area contributed by atoms with Crippen molar-refractivity contribution < 1.29 is 19.7 Å². The number of hydrogen-bond donors (Lipinski definition) is 3. The van der Waals surface area contributed by atoms with Gasteiger partial charge in [-0.2, -0.15) is 0 Å². The summed E-state index contributed by atoms with van der Waals surface area (Å²) in [5.74, 6) is 1.75. The highest BCUT2D eigenvalue weighted by Gasteiger charge is 2.44. The van der Waals surface area contributed by atoms with Gasteiger partial charge in [-0.25, -0.2) is 15.0 Å². The Kier molecular flexibility index (Phi) is 5.04. The zero-order chi connectivity index (χ0) is 22.4. The number of nitrogens with two attached hydrogens (primary N) is 1. The summed E-state index contributed by atoms with van der Waals surface area (Å²) in [7, 11) is 3.79. The number of fused-ring (bicyclic) bond motifs is 2. The van der Waals surface area contributed by atoms with Gasteiger partial charge >= 0.3 is 0 Å². The fourth-order valence-corrected chi connectivity index (χ4v) is 4.00. The molecule has 5 rings (SSSR count). The van der Waals surface area contributed by atoms with E-state index in [9.17, 15) is 10.2 Å². The van der Waals surface area contributed by atoms with Crippen LogP contribution in [0.4, 0.5) is 11.6 Å². The third-order valence-corrected chi connectivity index (χ3v) is 5.62. The molecule has 10 nitrogen and oxygen atoms in total. The Bertz CT molecular complexity index is 1280. The molecule has 4 N–H and O–H groups in total. The smallest absolute Gasteiger partial charge is 0.164 e. The predicted molar refractivity (Wildman–Crippen MR) is 119 cm³/mol. The van der Waals surface area contributed by atoms with Crippen molar-refractivity contribution in [3.05, 3.63) is 48.9 Å². The number of aliphatic hydroxyl groups is 2. The van der Waals surface area contributed by atoms with E-state index in [1.807, 2.05) is 43.3 Å². The van der Waals surface area contributed by atoms with Crippen molar-refractivity contribution in [2.75, 3.05) is 31.3 Å². The predicted octanol–water partition coefficient (Wildman–Crippen LogP) is 1.33. The van der Waals surface area contributed by atoms with Gasteiger partial charge in [0.15, 0.2) is 6.23 Å². The molecule has 10 heteroatoms. The first-order valence-corrected chi connectivity index (χ1v) is 10.2. The van der Waals surface area contributed by atoms with Crippen LogP contribution in [0.1, 0.15) is 6.23 Å². The second-order valence-electron chi connectivity index (χ2n) is 8.00. The van der Waals surface area contributed by atoms with Crippen molar-refractivity contribution in [3.8, 4) is 5.75 Å². The molecule has 0 saturated carbocycles. The number of aliphatic hydroxyl groups excluding tert-OH is 2. The van der Waals surface area contributed by atoms with Crippen LogP contribution in [-0.4, -0.2) is 68.7 Å². The summed E-state index contributed by atoms with van der Waals surface area (Å²) < 4.78 is 13.5. The average molecular weight is 436 g/mol. The lowest BCUT2D eigenvalue weighted by molar-refractivity contribution is -0.0471. The summed E-state index contributed by atoms with van der Waals surface area (Å²) >= 11 is 0. The summed E-state index contributed by atoms with van der Waals surface area (Å²) in [5, 5.41) is 23.0. The van der Waals surface area contributed by atoms with Crippen LogP contribution in [0.25, 0.3) is 21.9 Å². The molecule has 0 unspecified atom stereocenters. The van der Waals surface area contributed by atoms with Crippen molar-refractivity contribution in [1.29, 1.82) is 0 Å². The van der Waals surface area contributed by atoms with Crippen molar-refractivity contribution in [2.24, 2.45) is 0 Å².